The Bertz CT molecular complexity index is 2460. The maximum absolute atomic E-state index is 2.48. The molecule has 0 aliphatic heterocycles. The SMILES string of the molecule is CC1(C)C2=C(CCC(/C=C/c3ccc(N(c4ccccc4)c4ccc5ccccc5c4)cc3)=C2)c2ccc(N(C3=CC=CCC3)c3ccccc3)cc21. The molecular weight excluding hydrogens is 641 g/mol. The van der Waals surface area contributed by atoms with Crippen molar-refractivity contribution in [2.24, 2.45) is 0 Å². The van der Waals surface area contributed by atoms with Crippen molar-refractivity contribution in [1.82, 2.24) is 0 Å². The van der Waals surface area contributed by atoms with Gasteiger partial charge in [0.05, 0.1) is 0 Å². The summed E-state index contributed by atoms with van der Waals surface area (Å²) >= 11 is 0. The lowest BCUT2D eigenvalue weighted by Gasteiger charge is -2.31. The van der Waals surface area contributed by atoms with E-state index in [2.05, 4.69) is 206 Å². The van der Waals surface area contributed by atoms with Gasteiger partial charge in [0.1, 0.15) is 0 Å². The first-order valence-corrected chi connectivity index (χ1v) is 19.0. The zero-order valence-corrected chi connectivity index (χ0v) is 30.5. The van der Waals surface area contributed by atoms with Crippen molar-refractivity contribution in [3.05, 3.63) is 210 Å². The van der Waals surface area contributed by atoms with Crippen LogP contribution in [0.3, 0.4) is 0 Å². The fourth-order valence-electron chi connectivity index (χ4n) is 8.43. The zero-order chi connectivity index (χ0) is 35.8. The standard InChI is InChI=1S/C51H44N2/c1-51(2)49-34-38(26-32-47(49)48-33-31-46(36-50(48)51)52(41-16-6-3-7-17-41)42-18-8-4-9-19-42)23-22-37-24-28-44(29-25-37)53(43-20-10-5-11-21-43)45-30-27-39-14-12-13-15-40(39)35-45/h3-8,10-18,20-25,27-31,33-36H,9,19,26,32H2,1-2H3/b23-22+. The molecule has 0 unspecified atom stereocenters. The van der Waals surface area contributed by atoms with Crippen LogP contribution < -0.4 is 9.80 Å². The first-order chi connectivity index (χ1) is 26.0. The Balaban J connectivity index is 0.980. The molecule has 0 saturated carbocycles. The minimum atomic E-state index is -0.0747. The van der Waals surface area contributed by atoms with E-state index < -0.39 is 0 Å². The molecule has 0 amide bonds. The molecule has 2 heteroatoms. The highest BCUT2D eigenvalue weighted by molar-refractivity contribution is 5.90. The summed E-state index contributed by atoms with van der Waals surface area (Å²) in [6, 6.07) is 52.9. The van der Waals surface area contributed by atoms with E-state index in [-0.39, 0.29) is 5.41 Å². The van der Waals surface area contributed by atoms with Crippen LogP contribution in [0.5, 0.6) is 0 Å². The van der Waals surface area contributed by atoms with Gasteiger partial charge in [0.25, 0.3) is 0 Å². The molecule has 0 fully saturated rings. The van der Waals surface area contributed by atoms with Gasteiger partial charge in [0.2, 0.25) is 0 Å². The lowest BCUT2D eigenvalue weighted by atomic mass is 9.78. The average Bonchev–Trinajstić information content (AvgIpc) is 3.44. The lowest BCUT2D eigenvalue weighted by Crippen LogP contribution is -2.20. The lowest BCUT2D eigenvalue weighted by molar-refractivity contribution is 0.650. The van der Waals surface area contributed by atoms with Crippen molar-refractivity contribution < 1.29 is 0 Å². The highest BCUT2D eigenvalue weighted by Gasteiger charge is 2.38. The van der Waals surface area contributed by atoms with Crippen LogP contribution in [0.4, 0.5) is 28.4 Å². The second-order valence-electron chi connectivity index (χ2n) is 14.9. The van der Waals surface area contributed by atoms with Crippen LogP contribution in [0.15, 0.2) is 193 Å². The molecule has 0 aromatic heterocycles. The predicted octanol–water partition coefficient (Wildman–Crippen LogP) is 14.2. The molecule has 0 N–H and O–H groups in total. The van der Waals surface area contributed by atoms with E-state index >= 15 is 0 Å². The normalized spacial score (nSPS) is 16.0. The molecule has 6 aromatic carbocycles. The number of anilines is 5. The number of nitrogens with zero attached hydrogens (tertiary/aromatic N) is 2. The molecule has 0 heterocycles. The number of hydrogen-bond acceptors (Lipinski definition) is 2. The summed E-state index contributed by atoms with van der Waals surface area (Å²) in [5.41, 5.74) is 15.6. The molecule has 6 aromatic rings. The molecule has 9 rings (SSSR count). The van der Waals surface area contributed by atoms with E-state index in [4.69, 9.17) is 0 Å². The summed E-state index contributed by atoms with van der Waals surface area (Å²) in [6.07, 6.45) is 18.1. The van der Waals surface area contributed by atoms with Gasteiger partial charge in [-0.1, -0.05) is 129 Å². The van der Waals surface area contributed by atoms with Crippen molar-refractivity contribution in [2.45, 2.75) is 44.9 Å². The number of fused-ring (bicyclic) bond motifs is 3. The van der Waals surface area contributed by atoms with Crippen LogP contribution in [0.1, 0.15) is 56.2 Å². The molecule has 0 spiro atoms. The Hall–Kier alpha value is -6.12. The third-order valence-corrected chi connectivity index (χ3v) is 11.2. The molecule has 0 saturated heterocycles. The third kappa shape index (κ3) is 6.25. The van der Waals surface area contributed by atoms with Gasteiger partial charge >= 0.3 is 0 Å². The van der Waals surface area contributed by atoms with Gasteiger partial charge in [-0.3, -0.25) is 0 Å². The zero-order valence-electron chi connectivity index (χ0n) is 30.5. The third-order valence-electron chi connectivity index (χ3n) is 11.2. The molecule has 3 aliphatic rings. The highest BCUT2D eigenvalue weighted by atomic mass is 15.2. The van der Waals surface area contributed by atoms with Crippen molar-refractivity contribution in [3.63, 3.8) is 0 Å². The molecule has 0 bridgehead atoms. The number of rotatable bonds is 8. The number of hydrogen-bond donors (Lipinski definition) is 0. The smallest absolute Gasteiger partial charge is 0.0468 e. The van der Waals surface area contributed by atoms with E-state index in [1.165, 1.54) is 61.3 Å². The maximum atomic E-state index is 2.48. The van der Waals surface area contributed by atoms with Gasteiger partial charge in [-0.2, -0.15) is 0 Å². The highest BCUT2D eigenvalue weighted by Crippen LogP contribution is 2.52. The molecule has 2 nitrogen and oxygen atoms in total. The van der Waals surface area contributed by atoms with Crippen molar-refractivity contribution in [3.8, 4) is 0 Å². The van der Waals surface area contributed by atoms with Gasteiger partial charge in [-0.25, -0.2) is 0 Å². The minimum Gasteiger partial charge on any atom is -0.314 e. The first kappa shape index (κ1) is 32.8. The summed E-state index contributed by atoms with van der Waals surface area (Å²) in [6.45, 7) is 4.81. The Kier molecular flexibility index (Phi) is 8.52. The van der Waals surface area contributed by atoms with Crippen LogP contribution in [0, 0.1) is 0 Å². The molecule has 0 radical (unpaired) electrons. The van der Waals surface area contributed by atoms with Crippen LogP contribution >= 0.6 is 0 Å². The predicted molar refractivity (Wildman–Crippen MR) is 226 cm³/mol. The molecule has 53 heavy (non-hydrogen) atoms. The first-order valence-electron chi connectivity index (χ1n) is 19.0. The number of allylic oxidation sites excluding steroid dienone is 9. The van der Waals surface area contributed by atoms with E-state index in [9.17, 15) is 0 Å². The molecule has 0 atom stereocenters. The van der Waals surface area contributed by atoms with Crippen LogP contribution in [-0.4, -0.2) is 0 Å². The van der Waals surface area contributed by atoms with Crippen molar-refractivity contribution in [2.75, 3.05) is 9.80 Å². The Labute approximate surface area is 314 Å². The summed E-state index contributed by atoms with van der Waals surface area (Å²) < 4.78 is 0. The number of para-hydroxylation sites is 2. The molecule has 3 aliphatic carbocycles. The van der Waals surface area contributed by atoms with Crippen LogP contribution in [0.2, 0.25) is 0 Å². The minimum absolute atomic E-state index is 0.0747. The van der Waals surface area contributed by atoms with Crippen molar-refractivity contribution >= 4 is 50.9 Å². The summed E-state index contributed by atoms with van der Waals surface area (Å²) in [7, 11) is 0. The summed E-state index contributed by atoms with van der Waals surface area (Å²) in [5.74, 6) is 0. The van der Waals surface area contributed by atoms with E-state index in [0.717, 1.165) is 42.7 Å². The van der Waals surface area contributed by atoms with Crippen LogP contribution in [-0.2, 0) is 5.41 Å². The largest absolute Gasteiger partial charge is 0.314 e. The summed E-state index contributed by atoms with van der Waals surface area (Å²) in [5, 5.41) is 2.49. The monoisotopic (exact) mass is 684 g/mol. The topological polar surface area (TPSA) is 6.48 Å². The van der Waals surface area contributed by atoms with Gasteiger partial charge in [0, 0.05) is 39.5 Å². The van der Waals surface area contributed by atoms with E-state index in [0.29, 0.717) is 0 Å². The Morgan fingerprint density at radius 3 is 1.92 bits per heavy atom. The van der Waals surface area contributed by atoms with Gasteiger partial charge in [0.15, 0.2) is 0 Å². The van der Waals surface area contributed by atoms with Crippen LogP contribution in [0.25, 0.3) is 22.4 Å². The fraction of sp³-hybridized carbons (Fsp3) is 0.137. The quantitative estimate of drug-likeness (QED) is 0.157. The van der Waals surface area contributed by atoms with Gasteiger partial charge < -0.3 is 9.80 Å². The van der Waals surface area contributed by atoms with Gasteiger partial charge in [-0.15, -0.1) is 0 Å². The number of benzene rings is 6. The summed E-state index contributed by atoms with van der Waals surface area (Å²) in [4.78, 5) is 4.79. The Morgan fingerprint density at radius 2 is 1.19 bits per heavy atom. The van der Waals surface area contributed by atoms with E-state index in [1.54, 1.807) is 0 Å². The maximum Gasteiger partial charge on any atom is 0.0468 e. The molecular formula is C51H44N2. The second-order valence-corrected chi connectivity index (χ2v) is 14.9. The van der Waals surface area contributed by atoms with Crippen molar-refractivity contribution in [1.29, 1.82) is 0 Å². The van der Waals surface area contributed by atoms with E-state index in [1.807, 2.05) is 0 Å². The average molecular weight is 685 g/mol. The second kappa shape index (κ2) is 13.8. The fourth-order valence-corrected chi connectivity index (χ4v) is 8.43. The van der Waals surface area contributed by atoms with Gasteiger partial charge in [-0.05, 0) is 137 Å². The Morgan fingerprint density at radius 1 is 0.547 bits per heavy atom. The molecule has 258 valence electrons.